The van der Waals surface area contributed by atoms with Crippen LogP contribution >= 0.6 is 0 Å². The van der Waals surface area contributed by atoms with Crippen molar-refractivity contribution in [1.29, 1.82) is 0 Å². The molecule has 0 spiro atoms. The van der Waals surface area contributed by atoms with Gasteiger partial charge < -0.3 is 19.8 Å². The van der Waals surface area contributed by atoms with Crippen LogP contribution in [0.15, 0.2) is 12.2 Å². The van der Waals surface area contributed by atoms with Gasteiger partial charge in [-0.3, -0.25) is 14.4 Å². The van der Waals surface area contributed by atoms with Crippen molar-refractivity contribution in [1.82, 2.24) is 0 Å². The molecule has 0 amide bonds. The molecular formula is C35H66NO6+. The smallest absolute Gasteiger partial charge is 0.311 e. The molecule has 0 aliphatic carbocycles. The molecule has 0 saturated heterocycles. The molecule has 0 radical (unpaired) electrons. The summed E-state index contributed by atoms with van der Waals surface area (Å²) >= 11 is 0. The lowest BCUT2D eigenvalue weighted by atomic mass is 10.00. The van der Waals surface area contributed by atoms with Crippen molar-refractivity contribution in [3.63, 3.8) is 0 Å². The summed E-state index contributed by atoms with van der Waals surface area (Å²) < 4.78 is 0.228. The van der Waals surface area contributed by atoms with Crippen LogP contribution in [0.25, 0.3) is 0 Å². The first-order valence-corrected chi connectivity index (χ1v) is 17.2. The maximum atomic E-state index is 11.6. The molecule has 0 aromatic rings. The number of aliphatic carboxylic acids is 3. The van der Waals surface area contributed by atoms with Gasteiger partial charge in [-0.1, -0.05) is 109 Å². The summed E-state index contributed by atoms with van der Waals surface area (Å²) in [5.74, 6) is -4.79. The average molecular weight is 597 g/mol. The predicted octanol–water partition coefficient (Wildman–Crippen LogP) is 8.95. The molecule has 0 heterocycles. The fourth-order valence-electron chi connectivity index (χ4n) is 6.12. The number of carbonyl (C=O) groups is 3. The van der Waals surface area contributed by atoms with Crippen molar-refractivity contribution >= 4 is 17.9 Å². The highest BCUT2D eigenvalue weighted by atomic mass is 16.4. The Hall–Kier alpha value is -1.89. The van der Waals surface area contributed by atoms with Crippen molar-refractivity contribution < 1.29 is 34.2 Å². The van der Waals surface area contributed by atoms with Crippen molar-refractivity contribution in [3.05, 3.63) is 12.2 Å². The van der Waals surface area contributed by atoms with Gasteiger partial charge in [-0.05, 0) is 52.9 Å². The Labute approximate surface area is 257 Å². The first-order valence-electron chi connectivity index (χ1n) is 17.2. The summed E-state index contributed by atoms with van der Waals surface area (Å²) in [7, 11) is 0. The zero-order valence-corrected chi connectivity index (χ0v) is 27.7. The Morgan fingerprint density at radius 3 is 1.07 bits per heavy atom. The van der Waals surface area contributed by atoms with E-state index < -0.39 is 35.7 Å². The third-order valence-corrected chi connectivity index (χ3v) is 8.65. The van der Waals surface area contributed by atoms with Crippen LogP contribution < -0.4 is 0 Å². The molecule has 0 bridgehead atoms. The minimum Gasteiger partial charge on any atom is -0.481 e. The maximum absolute atomic E-state index is 11.6. The maximum Gasteiger partial charge on any atom is 0.311 e. The van der Waals surface area contributed by atoms with Crippen molar-refractivity contribution in [2.75, 3.05) is 26.2 Å². The van der Waals surface area contributed by atoms with Crippen LogP contribution in [0, 0.1) is 17.8 Å². The molecule has 0 aromatic heterocycles. The monoisotopic (exact) mass is 596 g/mol. The Kier molecular flexibility index (Phi) is 24.4. The van der Waals surface area contributed by atoms with Crippen molar-refractivity contribution in [2.45, 2.75) is 150 Å². The van der Waals surface area contributed by atoms with E-state index in [4.69, 9.17) is 0 Å². The number of quaternary nitrogens is 1. The molecule has 0 saturated carbocycles. The SMILES string of the molecule is CC/C=C/CCCCCCCCCCCCCCCCCCC[N+](CC(C)C(=O)O)(CC(C)C(=O)O)CC(C)C(=O)O. The summed E-state index contributed by atoms with van der Waals surface area (Å²) in [4.78, 5) is 34.9. The van der Waals surface area contributed by atoms with E-state index in [9.17, 15) is 29.7 Å². The summed E-state index contributed by atoms with van der Waals surface area (Å²) in [5, 5.41) is 28.6. The number of rotatable bonds is 30. The van der Waals surface area contributed by atoms with Gasteiger partial charge in [0.1, 0.15) is 17.8 Å². The van der Waals surface area contributed by atoms with Gasteiger partial charge in [0.05, 0.1) is 26.2 Å². The molecule has 0 fully saturated rings. The lowest BCUT2D eigenvalue weighted by Gasteiger charge is -2.42. The first kappa shape index (κ1) is 40.1. The van der Waals surface area contributed by atoms with Gasteiger partial charge in [0.15, 0.2) is 0 Å². The van der Waals surface area contributed by atoms with E-state index in [0.29, 0.717) is 6.54 Å². The van der Waals surface area contributed by atoms with E-state index in [-0.39, 0.29) is 24.1 Å². The van der Waals surface area contributed by atoms with E-state index >= 15 is 0 Å². The summed E-state index contributed by atoms with van der Waals surface area (Å²) in [6, 6.07) is 0. The molecule has 0 aliphatic rings. The van der Waals surface area contributed by atoms with Crippen molar-refractivity contribution in [3.8, 4) is 0 Å². The van der Waals surface area contributed by atoms with Gasteiger partial charge in [-0.2, -0.15) is 0 Å². The lowest BCUT2D eigenvalue weighted by Crippen LogP contribution is -2.57. The van der Waals surface area contributed by atoms with E-state index in [0.717, 1.165) is 25.7 Å². The van der Waals surface area contributed by atoms with Gasteiger partial charge in [0.2, 0.25) is 0 Å². The fourth-order valence-corrected chi connectivity index (χ4v) is 6.12. The average Bonchev–Trinajstić information content (AvgIpc) is 2.93. The summed E-state index contributed by atoms with van der Waals surface area (Å²) in [6.45, 7) is 8.44. The summed E-state index contributed by atoms with van der Waals surface area (Å²) in [6.07, 6.45) is 28.6. The quantitative estimate of drug-likeness (QED) is 0.0433. The highest BCUT2D eigenvalue weighted by Crippen LogP contribution is 2.22. The molecule has 0 aromatic carbocycles. The standard InChI is InChI=1S/C35H65NO6/c1-5-6-7-8-9-10-11-12-13-14-15-16-17-18-19-20-21-22-23-24-25-26-36(27-30(2)33(37)38,28-31(3)34(39)40)29-32(4)35(41)42/h6-7,30-32H,5,8-29H2,1-4H3,(H2-,37,38,39,40,41,42)/p+1/b7-6+. The second kappa shape index (κ2) is 25.6. The number of nitrogens with zero attached hydrogens (tertiary/aromatic N) is 1. The normalized spacial score (nSPS) is 15.3. The van der Waals surface area contributed by atoms with Crippen LogP contribution in [0.3, 0.4) is 0 Å². The second-order valence-corrected chi connectivity index (χ2v) is 13.0. The number of hydrogen-bond donors (Lipinski definition) is 3. The molecular weight excluding hydrogens is 530 g/mol. The van der Waals surface area contributed by atoms with Crippen LogP contribution in [-0.2, 0) is 14.4 Å². The molecule has 0 rings (SSSR count). The zero-order chi connectivity index (χ0) is 31.6. The van der Waals surface area contributed by atoms with Crippen molar-refractivity contribution in [2.24, 2.45) is 17.8 Å². The molecule has 3 unspecified atom stereocenters. The van der Waals surface area contributed by atoms with Crippen LogP contribution in [0.1, 0.15) is 150 Å². The number of allylic oxidation sites excluding steroid dienone is 2. The molecule has 246 valence electrons. The van der Waals surface area contributed by atoms with E-state index in [2.05, 4.69) is 19.1 Å². The predicted molar refractivity (Wildman–Crippen MR) is 173 cm³/mol. The Morgan fingerprint density at radius 2 is 0.786 bits per heavy atom. The van der Waals surface area contributed by atoms with Crippen LogP contribution in [0.5, 0.6) is 0 Å². The van der Waals surface area contributed by atoms with E-state index in [1.807, 2.05) is 0 Å². The highest BCUT2D eigenvalue weighted by Gasteiger charge is 2.38. The zero-order valence-electron chi connectivity index (χ0n) is 27.7. The number of carboxylic acid groups (broad SMARTS) is 3. The van der Waals surface area contributed by atoms with Gasteiger partial charge in [-0.15, -0.1) is 0 Å². The van der Waals surface area contributed by atoms with Crippen LogP contribution in [-0.4, -0.2) is 63.9 Å². The molecule has 7 nitrogen and oxygen atoms in total. The van der Waals surface area contributed by atoms with Gasteiger partial charge in [-0.25, -0.2) is 0 Å². The third kappa shape index (κ3) is 21.8. The minimum absolute atomic E-state index is 0.228. The molecule has 7 heteroatoms. The topological polar surface area (TPSA) is 112 Å². The lowest BCUT2D eigenvalue weighted by molar-refractivity contribution is -0.934. The third-order valence-electron chi connectivity index (χ3n) is 8.65. The van der Waals surface area contributed by atoms with Gasteiger partial charge >= 0.3 is 17.9 Å². The Bertz CT molecular complexity index is 682. The highest BCUT2D eigenvalue weighted by molar-refractivity contribution is 5.70. The first-order chi connectivity index (χ1) is 20.0. The van der Waals surface area contributed by atoms with E-state index in [1.165, 1.54) is 96.3 Å². The minimum atomic E-state index is -0.930. The van der Waals surface area contributed by atoms with Crippen LogP contribution in [0.4, 0.5) is 0 Å². The fraction of sp³-hybridized carbons (Fsp3) is 0.857. The number of hydrogen-bond acceptors (Lipinski definition) is 3. The Morgan fingerprint density at radius 1 is 0.500 bits per heavy atom. The van der Waals surface area contributed by atoms with E-state index in [1.54, 1.807) is 20.8 Å². The van der Waals surface area contributed by atoms with Gasteiger partial charge in [0, 0.05) is 0 Å². The number of unbranched alkanes of at least 4 members (excludes halogenated alkanes) is 17. The summed E-state index contributed by atoms with van der Waals surface area (Å²) in [5.41, 5.74) is 0. The molecule has 3 N–H and O–H groups in total. The Balaban J connectivity index is 4.16. The van der Waals surface area contributed by atoms with Crippen LogP contribution in [0.2, 0.25) is 0 Å². The van der Waals surface area contributed by atoms with Gasteiger partial charge in [0.25, 0.3) is 0 Å². The molecule has 0 aliphatic heterocycles. The second-order valence-electron chi connectivity index (χ2n) is 13.0. The molecule has 42 heavy (non-hydrogen) atoms. The largest absolute Gasteiger partial charge is 0.481 e. The molecule has 3 atom stereocenters. The number of carboxylic acids is 3.